The van der Waals surface area contributed by atoms with Gasteiger partial charge in [0.25, 0.3) is 11.6 Å². The molecule has 1 fully saturated rings. The Morgan fingerprint density at radius 2 is 2.00 bits per heavy atom. The van der Waals surface area contributed by atoms with Crippen molar-refractivity contribution in [2.24, 2.45) is 5.73 Å². The van der Waals surface area contributed by atoms with Gasteiger partial charge in [-0.1, -0.05) is 28.1 Å². The number of halogens is 1. The standard InChI is InChI=1S/C18H20BrN5O3/c19-13-3-1-12(2-4-13)11-23-7-5-14(6-8-23)22-18-16(17(20)25)9-15(10-21-18)24(26)27/h1-4,9-10,14H,5-8,11H2,(H2,20,25)(H,21,22). The number of anilines is 1. The molecular weight excluding hydrogens is 414 g/mol. The lowest BCUT2D eigenvalue weighted by Crippen LogP contribution is -2.39. The largest absolute Gasteiger partial charge is 0.367 e. The van der Waals surface area contributed by atoms with Gasteiger partial charge in [0.15, 0.2) is 0 Å². The van der Waals surface area contributed by atoms with Gasteiger partial charge in [-0.05, 0) is 30.5 Å². The normalized spacial score (nSPS) is 15.4. The van der Waals surface area contributed by atoms with Crippen molar-refractivity contribution < 1.29 is 9.72 Å². The number of aromatic nitrogens is 1. The maximum absolute atomic E-state index is 11.6. The molecule has 0 unspecified atom stereocenters. The first-order chi connectivity index (χ1) is 12.9. The summed E-state index contributed by atoms with van der Waals surface area (Å²) in [5, 5.41) is 14.1. The van der Waals surface area contributed by atoms with Gasteiger partial charge in [0.05, 0.1) is 10.5 Å². The maximum Gasteiger partial charge on any atom is 0.288 e. The molecule has 27 heavy (non-hydrogen) atoms. The third-order valence-electron chi connectivity index (χ3n) is 4.60. The van der Waals surface area contributed by atoms with E-state index in [2.05, 4.69) is 43.3 Å². The zero-order valence-corrected chi connectivity index (χ0v) is 16.2. The number of nitrogens with one attached hydrogen (secondary N) is 1. The fourth-order valence-corrected chi connectivity index (χ4v) is 3.40. The molecule has 1 aliphatic rings. The van der Waals surface area contributed by atoms with E-state index in [1.807, 2.05) is 12.1 Å². The summed E-state index contributed by atoms with van der Waals surface area (Å²) < 4.78 is 1.06. The monoisotopic (exact) mass is 433 g/mol. The molecule has 0 spiro atoms. The summed E-state index contributed by atoms with van der Waals surface area (Å²) in [5.41, 5.74) is 6.41. The number of pyridine rings is 1. The first kappa shape index (κ1) is 19.2. The topological polar surface area (TPSA) is 114 Å². The number of nitro groups is 1. The van der Waals surface area contributed by atoms with Gasteiger partial charge < -0.3 is 11.1 Å². The first-order valence-corrected chi connectivity index (χ1v) is 9.39. The van der Waals surface area contributed by atoms with Gasteiger partial charge in [0.2, 0.25) is 0 Å². The molecule has 1 saturated heterocycles. The lowest BCUT2D eigenvalue weighted by atomic mass is 10.0. The molecule has 1 aliphatic heterocycles. The van der Waals surface area contributed by atoms with Crippen LogP contribution in [0.2, 0.25) is 0 Å². The van der Waals surface area contributed by atoms with Crippen molar-refractivity contribution in [1.29, 1.82) is 0 Å². The van der Waals surface area contributed by atoms with Crippen LogP contribution in [-0.2, 0) is 6.54 Å². The van der Waals surface area contributed by atoms with E-state index in [0.717, 1.165) is 43.1 Å². The Hall–Kier alpha value is -2.52. The molecule has 2 aromatic rings. The second-order valence-electron chi connectivity index (χ2n) is 6.53. The van der Waals surface area contributed by atoms with E-state index in [1.165, 1.54) is 11.6 Å². The van der Waals surface area contributed by atoms with Gasteiger partial charge in [0.1, 0.15) is 12.0 Å². The molecular formula is C18H20BrN5O3. The Bertz CT molecular complexity index is 835. The number of carbonyl (C=O) groups is 1. The number of hydrogen-bond donors (Lipinski definition) is 2. The molecule has 3 rings (SSSR count). The molecule has 1 amide bonds. The van der Waals surface area contributed by atoms with E-state index in [0.29, 0.717) is 5.82 Å². The number of primary amides is 1. The number of carbonyl (C=O) groups excluding carboxylic acids is 1. The number of hydrogen-bond acceptors (Lipinski definition) is 6. The Balaban J connectivity index is 1.59. The fourth-order valence-electron chi connectivity index (χ4n) is 3.13. The third kappa shape index (κ3) is 5.01. The number of piperidine rings is 1. The number of nitrogens with zero attached hydrogens (tertiary/aromatic N) is 3. The van der Waals surface area contributed by atoms with Crippen LogP contribution in [0.4, 0.5) is 11.5 Å². The number of likely N-dealkylation sites (tertiary alicyclic amines) is 1. The molecule has 3 N–H and O–H groups in total. The van der Waals surface area contributed by atoms with Gasteiger partial charge in [-0.3, -0.25) is 19.8 Å². The number of benzene rings is 1. The predicted octanol–water partition coefficient (Wildman–Crippen LogP) is 2.93. The molecule has 1 aromatic heterocycles. The van der Waals surface area contributed by atoms with Crippen molar-refractivity contribution in [2.75, 3.05) is 18.4 Å². The summed E-state index contributed by atoms with van der Waals surface area (Å²) in [6, 6.07) is 9.59. The van der Waals surface area contributed by atoms with E-state index in [9.17, 15) is 14.9 Å². The zero-order chi connectivity index (χ0) is 19.4. The van der Waals surface area contributed by atoms with Gasteiger partial charge in [-0.15, -0.1) is 0 Å². The minimum Gasteiger partial charge on any atom is -0.367 e. The second kappa shape index (κ2) is 8.45. The van der Waals surface area contributed by atoms with Crippen molar-refractivity contribution in [3.05, 3.63) is 62.2 Å². The SMILES string of the molecule is NC(=O)c1cc([N+](=O)[O-])cnc1NC1CCN(Cc2ccc(Br)cc2)CC1. The van der Waals surface area contributed by atoms with Crippen LogP contribution in [0.3, 0.4) is 0 Å². The second-order valence-corrected chi connectivity index (χ2v) is 7.45. The summed E-state index contributed by atoms with van der Waals surface area (Å²) in [4.78, 5) is 28.3. The van der Waals surface area contributed by atoms with Crippen LogP contribution < -0.4 is 11.1 Å². The molecule has 0 atom stereocenters. The van der Waals surface area contributed by atoms with Crippen molar-refractivity contribution >= 4 is 33.3 Å². The molecule has 0 aliphatic carbocycles. The lowest BCUT2D eigenvalue weighted by molar-refractivity contribution is -0.385. The number of nitrogens with two attached hydrogens (primary N) is 1. The lowest BCUT2D eigenvalue weighted by Gasteiger charge is -2.32. The summed E-state index contributed by atoms with van der Waals surface area (Å²) in [7, 11) is 0. The van der Waals surface area contributed by atoms with E-state index in [4.69, 9.17) is 5.73 Å². The quantitative estimate of drug-likeness (QED) is 0.534. The summed E-state index contributed by atoms with van der Waals surface area (Å²) in [6.07, 6.45) is 2.90. The third-order valence-corrected chi connectivity index (χ3v) is 5.13. The zero-order valence-electron chi connectivity index (χ0n) is 14.6. The summed E-state index contributed by atoms with van der Waals surface area (Å²) in [5.74, 6) is -0.430. The van der Waals surface area contributed by atoms with Crippen LogP contribution >= 0.6 is 15.9 Å². The first-order valence-electron chi connectivity index (χ1n) is 8.60. The maximum atomic E-state index is 11.6. The van der Waals surface area contributed by atoms with Gasteiger partial charge >= 0.3 is 0 Å². The van der Waals surface area contributed by atoms with E-state index in [1.54, 1.807) is 0 Å². The van der Waals surface area contributed by atoms with Gasteiger partial charge in [-0.25, -0.2) is 4.98 Å². The molecule has 8 nitrogen and oxygen atoms in total. The Morgan fingerprint density at radius 1 is 1.33 bits per heavy atom. The van der Waals surface area contributed by atoms with Crippen LogP contribution in [0, 0.1) is 10.1 Å². The highest BCUT2D eigenvalue weighted by atomic mass is 79.9. The molecule has 142 valence electrons. The number of rotatable bonds is 6. The highest BCUT2D eigenvalue weighted by molar-refractivity contribution is 9.10. The van der Waals surface area contributed by atoms with Crippen molar-refractivity contribution in [3.8, 4) is 0 Å². The van der Waals surface area contributed by atoms with Crippen LogP contribution in [-0.4, -0.2) is 39.8 Å². The average molecular weight is 434 g/mol. The highest BCUT2D eigenvalue weighted by Gasteiger charge is 2.22. The fraction of sp³-hybridized carbons (Fsp3) is 0.333. The van der Waals surface area contributed by atoms with Crippen molar-refractivity contribution in [2.45, 2.75) is 25.4 Å². The predicted molar refractivity (Wildman–Crippen MR) is 105 cm³/mol. The Morgan fingerprint density at radius 3 is 2.59 bits per heavy atom. The minimum absolute atomic E-state index is 0.0430. The Kier molecular flexibility index (Phi) is 6.02. The molecule has 0 bridgehead atoms. The van der Waals surface area contributed by atoms with Gasteiger partial charge in [0, 0.05) is 36.2 Å². The van der Waals surface area contributed by atoms with Crippen LogP contribution in [0.1, 0.15) is 28.8 Å². The van der Waals surface area contributed by atoms with Crippen LogP contribution in [0.15, 0.2) is 41.0 Å². The molecule has 2 heterocycles. The Labute approximate surface area is 165 Å². The smallest absolute Gasteiger partial charge is 0.288 e. The van der Waals surface area contributed by atoms with Gasteiger partial charge in [-0.2, -0.15) is 0 Å². The van der Waals surface area contributed by atoms with Crippen molar-refractivity contribution in [1.82, 2.24) is 9.88 Å². The minimum atomic E-state index is -0.735. The molecule has 0 radical (unpaired) electrons. The summed E-state index contributed by atoms with van der Waals surface area (Å²) >= 11 is 3.44. The van der Waals surface area contributed by atoms with E-state index in [-0.39, 0.29) is 17.3 Å². The molecule has 1 aromatic carbocycles. The molecule has 0 saturated carbocycles. The van der Waals surface area contributed by atoms with E-state index >= 15 is 0 Å². The molecule has 9 heteroatoms. The summed E-state index contributed by atoms with van der Waals surface area (Å²) in [6.45, 7) is 2.71. The van der Waals surface area contributed by atoms with Crippen molar-refractivity contribution in [3.63, 3.8) is 0 Å². The highest BCUT2D eigenvalue weighted by Crippen LogP contribution is 2.23. The van der Waals surface area contributed by atoms with E-state index < -0.39 is 10.8 Å². The van der Waals surface area contributed by atoms with Crippen LogP contribution in [0.25, 0.3) is 0 Å². The van der Waals surface area contributed by atoms with Crippen LogP contribution in [0.5, 0.6) is 0 Å². The number of amides is 1. The average Bonchev–Trinajstić information content (AvgIpc) is 2.65.